The van der Waals surface area contributed by atoms with Gasteiger partial charge in [0, 0.05) is 26.8 Å². The first kappa shape index (κ1) is 19.4. The van der Waals surface area contributed by atoms with Crippen LogP contribution in [0.4, 0.5) is 4.39 Å². The van der Waals surface area contributed by atoms with Gasteiger partial charge in [0.15, 0.2) is 5.96 Å². The van der Waals surface area contributed by atoms with Crippen LogP contribution in [0.2, 0.25) is 0 Å². The molecule has 2 N–H and O–H groups in total. The largest absolute Gasteiger partial charge is 0.356 e. The highest BCUT2D eigenvalue weighted by atomic mass is 19.1. The van der Waals surface area contributed by atoms with E-state index in [0.29, 0.717) is 12.5 Å². The van der Waals surface area contributed by atoms with Crippen molar-refractivity contribution in [2.45, 2.75) is 13.0 Å². The van der Waals surface area contributed by atoms with E-state index in [1.807, 2.05) is 30.3 Å². The Bertz CT molecular complexity index is 734. The molecule has 2 aromatic rings. The third-order valence-corrected chi connectivity index (χ3v) is 3.68. The fourth-order valence-corrected chi connectivity index (χ4v) is 2.15. The molecule has 0 spiro atoms. The summed E-state index contributed by atoms with van der Waals surface area (Å²) >= 11 is 0. The Morgan fingerprint density at radius 1 is 1.15 bits per heavy atom. The van der Waals surface area contributed by atoms with Gasteiger partial charge in [0.25, 0.3) is 0 Å². The average molecular weight is 357 g/mol. The molecule has 0 radical (unpaired) electrons. The maximum atomic E-state index is 13.7. The summed E-state index contributed by atoms with van der Waals surface area (Å²) in [6, 6.07) is 12.9. The first-order valence-corrected chi connectivity index (χ1v) is 8.42. The molecule has 1 heterocycles. The molecule has 0 saturated carbocycles. The molecule has 1 aromatic heterocycles. The summed E-state index contributed by atoms with van der Waals surface area (Å²) in [5.74, 6) is -0.0305. The molecular formula is C19H24FN5O. The van der Waals surface area contributed by atoms with E-state index in [2.05, 4.69) is 20.6 Å². The Kier molecular flexibility index (Phi) is 7.54. The normalized spacial score (nSPS) is 11.1. The van der Waals surface area contributed by atoms with Crippen molar-refractivity contribution in [3.63, 3.8) is 0 Å². The zero-order chi connectivity index (χ0) is 18.8. The summed E-state index contributed by atoms with van der Waals surface area (Å²) in [6.45, 7) is 0.828. The Hall–Kier alpha value is -2.96. The summed E-state index contributed by atoms with van der Waals surface area (Å²) < 4.78 is 13.7. The van der Waals surface area contributed by atoms with Gasteiger partial charge in [0.05, 0.1) is 18.8 Å². The van der Waals surface area contributed by atoms with Gasteiger partial charge in [-0.1, -0.05) is 30.3 Å². The van der Waals surface area contributed by atoms with Crippen molar-refractivity contribution in [2.75, 3.05) is 27.2 Å². The number of benzene rings is 1. The highest BCUT2D eigenvalue weighted by Crippen LogP contribution is 2.03. The number of carbonyl (C=O) groups is 1. The van der Waals surface area contributed by atoms with E-state index in [4.69, 9.17) is 0 Å². The van der Waals surface area contributed by atoms with Crippen LogP contribution in [0.5, 0.6) is 0 Å². The lowest BCUT2D eigenvalue weighted by atomic mass is 10.1. The van der Waals surface area contributed by atoms with Gasteiger partial charge in [-0.2, -0.15) is 0 Å². The van der Waals surface area contributed by atoms with Crippen molar-refractivity contribution < 1.29 is 9.18 Å². The van der Waals surface area contributed by atoms with Gasteiger partial charge in [-0.25, -0.2) is 9.38 Å². The van der Waals surface area contributed by atoms with E-state index >= 15 is 0 Å². The number of aliphatic imine (C=N–C) groups is 1. The molecule has 6 nitrogen and oxygen atoms in total. The fourth-order valence-electron chi connectivity index (χ4n) is 2.15. The van der Waals surface area contributed by atoms with Gasteiger partial charge in [-0.05, 0) is 24.1 Å². The first-order chi connectivity index (χ1) is 12.6. The zero-order valence-electron chi connectivity index (χ0n) is 15.1. The zero-order valence-corrected chi connectivity index (χ0v) is 15.1. The summed E-state index contributed by atoms with van der Waals surface area (Å²) in [5.41, 5.74) is 1.45. The minimum absolute atomic E-state index is 0.0772. The molecule has 138 valence electrons. The molecule has 0 aliphatic rings. The third-order valence-electron chi connectivity index (χ3n) is 3.68. The number of pyridine rings is 1. The molecule has 7 heteroatoms. The van der Waals surface area contributed by atoms with Crippen molar-refractivity contribution in [1.29, 1.82) is 0 Å². The third kappa shape index (κ3) is 6.51. The predicted octanol–water partition coefficient (Wildman–Crippen LogP) is 1.59. The number of halogens is 1. The second-order valence-corrected chi connectivity index (χ2v) is 5.90. The molecule has 26 heavy (non-hydrogen) atoms. The van der Waals surface area contributed by atoms with Crippen molar-refractivity contribution in [3.05, 3.63) is 65.7 Å². The standard InChI is InChI=1S/C19H24FN5O/c1-25(2)18(26)14-24-19(22-12-10-15-7-4-3-5-8-15)23-13-17-16(20)9-6-11-21-17/h3-9,11H,10,12-14H2,1-2H3,(H2,22,23,24). The lowest BCUT2D eigenvalue weighted by molar-refractivity contribution is -0.127. The van der Waals surface area contributed by atoms with Crippen molar-refractivity contribution in [3.8, 4) is 0 Å². The number of likely N-dealkylation sites (N-methyl/N-ethyl adjacent to an activating group) is 1. The predicted molar refractivity (Wildman–Crippen MR) is 100 cm³/mol. The van der Waals surface area contributed by atoms with Crippen LogP contribution in [0.25, 0.3) is 0 Å². The van der Waals surface area contributed by atoms with E-state index in [0.717, 1.165) is 6.42 Å². The van der Waals surface area contributed by atoms with Crippen LogP contribution < -0.4 is 10.6 Å². The number of guanidine groups is 1. The van der Waals surface area contributed by atoms with Crippen molar-refractivity contribution in [1.82, 2.24) is 20.5 Å². The molecule has 1 aromatic carbocycles. The number of hydrogen-bond acceptors (Lipinski definition) is 3. The van der Waals surface area contributed by atoms with E-state index in [1.165, 1.54) is 28.8 Å². The number of rotatable bonds is 7. The minimum atomic E-state index is -0.399. The van der Waals surface area contributed by atoms with E-state index in [1.54, 1.807) is 14.1 Å². The van der Waals surface area contributed by atoms with Gasteiger partial charge in [-0.3, -0.25) is 9.78 Å². The smallest absolute Gasteiger partial charge is 0.241 e. The van der Waals surface area contributed by atoms with E-state index < -0.39 is 5.82 Å². The number of nitrogens with one attached hydrogen (secondary N) is 2. The maximum absolute atomic E-state index is 13.7. The van der Waals surface area contributed by atoms with Crippen LogP contribution in [-0.4, -0.2) is 48.9 Å². The molecule has 0 aliphatic heterocycles. The summed E-state index contributed by atoms with van der Waals surface area (Å²) in [4.78, 5) is 21.6. The summed E-state index contributed by atoms with van der Waals surface area (Å²) in [6.07, 6.45) is 2.33. The maximum Gasteiger partial charge on any atom is 0.241 e. The lowest BCUT2D eigenvalue weighted by Crippen LogP contribution is -2.43. The van der Waals surface area contributed by atoms with Gasteiger partial charge in [-0.15, -0.1) is 0 Å². The van der Waals surface area contributed by atoms with Crippen molar-refractivity contribution >= 4 is 11.9 Å². The van der Waals surface area contributed by atoms with Crippen LogP contribution in [-0.2, 0) is 17.8 Å². The van der Waals surface area contributed by atoms with Gasteiger partial charge in [0.2, 0.25) is 5.91 Å². The minimum Gasteiger partial charge on any atom is -0.356 e. The highest BCUT2D eigenvalue weighted by Gasteiger charge is 2.07. The molecule has 0 atom stereocenters. The molecule has 0 unspecified atom stereocenters. The summed E-state index contributed by atoms with van der Waals surface area (Å²) in [7, 11) is 3.37. The SMILES string of the molecule is CN(C)C(=O)CNC(=NCc1ncccc1F)NCCc1ccccc1. The Balaban J connectivity index is 1.97. The summed E-state index contributed by atoms with van der Waals surface area (Å²) in [5, 5.41) is 6.14. The molecular weight excluding hydrogens is 333 g/mol. The second kappa shape index (κ2) is 10.1. The first-order valence-electron chi connectivity index (χ1n) is 8.42. The number of amides is 1. The van der Waals surface area contributed by atoms with Crippen molar-refractivity contribution in [2.24, 2.45) is 4.99 Å². The molecule has 2 rings (SSSR count). The monoisotopic (exact) mass is 357 g/mol. The van der Waals surface area contributed by atoms with Crippen LogP contribution in [0.3, 0.4) is 0 Å². The fraction of sp³-hybridized carbons (Fsp3) is 0.316. The quantitative estimate of drug-likeness (QED) is 0.583. The molecule has 0 aliphatic carbocycles. The second-order valence-electron chi connectivity index (χ2n) is 5.90. The van der Waals surface area contributed by atoms with Crippen LogP contribution in [0, 0.1) is 5.82 Å². The van der Waals surface area contributed by atoms with E-state index in [-0.39, 0.29) is 24.7 Å². The average Bonchev–Trinajstić information content (AvgIpc) is 2.65. The Labute approximate surface area is 153 Å². The molecule has 0 fully saturated rings. The number of hydrogen-bond donors (Lipinski definition) is 2. The van der Waals surface area contributed by atoms with Crippen LogP contribution in [0.15, 0.2) is 53.7 Å². The highest BCUT2D eigenvalue weighted by molar-refractivity contribution is 5.86. The molecule has 0 bridgehead atoms. The Morgan fingerprint density at radius 3 is 2.62 bits per heavy atom. The number of nitrogens with zero attached hydrogens (tertiary/aromatic N) is 3. The molecule has 0 saturated heterocycles. The van der Waals surface area contributed by atoms with E-state index in [9.17, 15) is 9.18 Å². The van der Waals surface area contributed by atoms with Gasteiger partial charge in [0.1, 0.15) is 5.82 Å². The number of aromatic nitrogens is 1. The van der Waals surface area contributed by atoms with Gasteiger partial charge >= 0.3 is 0 Å². The lowest BCUT2D eigenvalue weighted by Gasteiger charge is -2.15. The topological polar surface area (TPSA) is 69.6 Å². The Morgan fingerprint density at radius 2 is 1.92 bits per heavy atom. The van der Waals surface area contributed by atoms with Gasteiger partial charge < -0.3 is 15.5 Å². The number of carbonyl (C=O) groups excluding carboxylic acids is 1. The van der Waals surface area contributed by atoms with Crippen LogP contribution >= 0.6 is 0 Å². The van der Waals surface area contributed by atoms with Crippen LogP contribution in [0.1, 0.15) is 11.3 Å². The molecule has 1 amide bonds.